The second-order valence-corrected chi connectivity index (χ2v) is 9.31. The summed E-state index contributed by atoms with van der Waals surface area (Å²) < 4.78 is 23.3. The molecule has 1 heterocycles. The topological polar surface area (TPSA) is 57.7 Å². The van der Waals surface area contributed by atoms with Gasteiger partial charge in [0.05, 0.1) is 18.1 Å². The van der Waals surface area contributed by atoms with Crippen LogP contribution in [0, 0.1) is 0 Å². The fraction of sp³-hybridized carbons (Fsp3) is 0.611. The Morgan fingerprint density at radius 1 is 1.21 bits per heavy atom. The van der Waals surface area contributed by atoms with Crippen LogP contribution in [-0.4, -0.2) is 62.3 Å². The third-order valence-corrected chi connectivity index (χ3v) is 7.15. The van der Waals surface area contributed by atoms with Crippen molar-refractivity contribution in [1.82, 2.24) is 9.80 Å². The SMILES string of the molecule is CN(CC(=O)N(C)C1CCS(=O)(=O)C1)C1CCCc2ccccc21. The molecular weight excluding hydrogens is 324 g/mol. The third-order valence-electron chi connectivity index (χ3n) is 5.40. The molecule has 0 N–H and O–H groups in total. The highest BCUT2D eigenvalue weighted by Gasteiger charge is 2.33. The lowest BCUT2D eigenvalue weighted by Crippen LogP contribution is -2.44. The van der Waals surface area contributed by atoms with Gasteiger partial charge in [-0.2, -0.15) is 0 Å². The number of nitrogens with zero attached hydrogens (tertiary/aromatic N) is 2. The van der Waals surface area contributed by atoms with Gasteiger partial charge >= 0.3 is 0 Å². The van der Waals surface area contributed by atoms with E-state index in [9.17, 15) is 13.2 Å². The highest BCUT2D eigenvalue weighted by Crippen LogP contribution is 2.33. The van der Waals surface area contributed by atoms with Crippen molar-refractivity contribution in [3.8, 4) is 0 Å². The third kappa shape index (κ3) is 3.64. The van der Waals surface area contributed by atoms with Gasteiger partial charge in [0.15, 0.2) is 9.84 Å². The number of rotatable bonds is 4. The summed E-state index contributed by atoms with van der Waals surface area (Å²) in [5.41, 5.74) is 2.70. The molecule has 0 aromatic heterocycles. The first-order valence-electron chi connectivity index (χ1n) is 8.61. The molecule has 1 amide bonds. The fourth-order valence-electron chi connectivity index (χ4n) is 3.91. The molecule has 0 radical (unpaired) electrons. The summed E-state index contributed by atoms with van der Waals surface area (Å²) in [6.07, 6.45) is 3.86. The van der Waals surface area contributed by atoms with E-state index in [1.807, 2.05) is 7.05 Å². The summed E-state index contributed by atoms with van der Waals surface area (Å²) in [5.74, 6) is 0.300. The second-order valence-electron chi connectivity index (χ2n) is 7.08. The molecule has 1 aromatic rings. The summed E-state index contributed by atoms with van der Waals surface area (Å²) in [6.45, 7) is 0.325. The summed E-state index contributed by atoms with van der Waals surface area (Å²) >= 11 is 0. The summed E-state index contributed by atoms with van der Waals surface area (Å²) in [6, 6.07) is 8.55. The van der Waals surface area contributed by atoms with Gasteiger partial charge in [0, 0.05) is 19.1 Å². The highest BCUT2D eigenvalue weighted by atomic mass is 32.2. The average molecular weight is 350 g/mol. The zero-order chi connectivity index (χ0) is 17.3. The quantitative estimate of drug-likeness (QED) is 0.828. The van der Waals surface area contributed by atoms with Crippen molar-refractivity contribution in [3.63, 3.8) is 0 Å². The van der Waals surface area contributed by atoms with E-state index < -0.39 is 9.84 Å². The number of amides is 1. The van der Waals surface area contributed by atoms with Crippen LogP contribution in [0.5, 0.6) is 0 Å². The van der Waals surface area contributed by atoms with Gasteiger partial charge in [0.2, 0.25) is 5.91 Å². The number of hydrogen-bond acceptors (Lipinski definition) is 4. The molecule has 24 heavy (non-hydrogen) atoms. The van der Waals surface area contributed by atoms with Crippen LogP contribution in [-0.2, 0) is 21.1 Å². The van der Waals surface area contributed by atoms with E-state index in [-0.39, 0.29) is 29.5 Å². The summed E-state index contributed by atoms with van der Waals surface area (Å²) in [4.78, 5) is 16.3. The summed E-state index contributed by atoms with van der Waals surface area (Å²) in [7, 11) is 0.752. The number of aryl methyl sites for hydroxylation is 1. The fourth-order valence-corrected chi connectivity index (χ4v) is 5.68. The minimum absolute atomic E-state index is 0.00246. The standard InChI is InChI=1S/C18H26N2O3S/c1-19(17-9-5-7-14-6-3-4-8-16(14)17)12-18(21)20(2)15-10-11-24(22,23)13-15/h3-4,6,8,15,17H,5,7,9-13H2,1-2H3. The highest BCUT2D eigenvalue weighted by molar-refractivity contribution is 7.91. The zero-order valence-corrected chi connectivity index (χ0v) is 15.3. The molecule has 3 rings (SSSR count). The first-order valence-corrected chi connectivity index (χ1v) is 10.4. The number of carbonyl (C=O) groups is 1. The molecule has 0 spiro atoms. The Morgan fingerprint density at radius 2 is 1.96 bits per heavy atom. The van der Waals surface area contributed by atoms with Gasteiger partial charge in [0.1, 0.15) is 0 Å². The first kappa shape index (κ1) is 17.4. The maximum absolute atomic E-state index is 12.6. The normalized spacial score (nSPS) is 25.5. The van der Waals surface area contributed by atoms with Crippen LogP contribution >= 0.6 is 0 Å². The lowest BCUT2D eigenvalue weighted by atomic mass is 9.87. The smallest absolute Gasteiger partial charge is 0.236 e. The molecule has 1 aromatic carbocycles. The van der Waals surface area contributed by atoms with Crippen molar-refractivity contribution in [2.75, 3.05) is 32.1 Å². The van der Waals surface area contributed by atoms with Gasteiger partial charge in [-0.3, -0.25) is 9.69 Å². The summed E-state index contributed by atoms with van der Waals surface area (Å²) in [5, 5.41) is 0. The Kier molecular flexibility index (Phi) is 4.97. The van der Waals surface area contributed by atoms with E-state index >= 15 is 0 Å². The largest absolute Gasteiger partial charge is 0.341 e. The van der Waals surface area contributed by atoms with Crippen molar-refractivity contribution >= 4 is 15.7 Å². The molecule has 1 saturated heterocycles. The van der Waals surface area contributed by atoms with Gasteiger partial charge in [-0.25, -0.2) is 8.42 Å². The van der Waals surface area contributed by atoms with E-state index in [2.05, 4.69) is 29.2 Å². The van der Waals surface area contributed by atoms with E-state index in [0.717, 1.165) is 19.3 Å². The molecular formula is C18H26N2O3S. The molecule has 1 fully saturated rings. The number of hydrogen-bond donors (Lipinski definition) is 0. The van der Waals surface area contributed by atoms with Crippen molar-refractivity contribution in [3.05, 3.63) is 35.4 Å². The monoisotopic (exact) mass is 350 g/mol. The van der Waals surface area contributed by atoms with E-state index in [1.54, 1.807) is 11.9 Å². The zero-order valence-electron chi connectivity index (χ0n) is 14.4. The van der Waals surface area contributed by atoms with Gasteiger partial charge in [0.25, 0.3) is 0 Å². The van der Waals surface area contributed by atoms with Gasteiger partial charge < -0.3 is 4.90 Å². The Labute approximate surface area is 144 Å². The van der Waals surface area contributed by atoms with E-state index in [0.29, 0.717) is 13.0 Å². The Bertz CT molecular complexity index is 717. The molecule has 0 bridgehead atoms. The molecule has 1 aliphatic carbocycles. The number of likely N-dealkylation sites (N-methyl/N-ethyl adjacent to an activating group) is 2. The molecule has 6 heteroatoms. The van der Waals surface area contributed by atoms with Gasteiger partial charge in [-0.1, -0.05) is 24.3 Å². The number of fused-ring (bicyclic) bond motifs is 1. The predicted octanol–water partition coefficient (Wildman–Crippen LogP) is 1.64. The maximum atomic E-state index is 12.6. The average Bonchev–Trinajstić information content (AvgIpc) is 2.93. The van der Waals surface area contributed by atoms with Crippen molar-refractivity contribution < 1.29 is 13.2 Å². The van der Waals surface area contributed by atoms with Crippen LogP contribution in [0.2, 0.25) is 0 Å². The van der Waals surface area contributed by atoms with Crippen LogP contribution in [0.15, 0.2) is 24.3 Å². The molecule has 2 aliphatic rings. The van der Waals surface area contributed by atoms with Crippen LogP contribution in [0.3, 0.4) is 0 Å². The Hall–Kier alpha value is -1.40. The number of carbonyl (C=O) groups excluding carboxylic acids is 1. The second kappa shape index (κ2) is 6.84. The van der Waals surface area contributed by atoms with Crippen molar-refractivity contribution in [2.45, 2.75) is 37.8 Å². The van der Waals surface area contributed by atoms with Crippen LogP contribution in [0.1, 0.15) is 36.4 Å². The minimum atomic E-state index is -2.97. The van der Waals surface area contributed by atoms with Crippen LogP contribution in [0.25, 0.3) is 0 Å². The van der Waals surface area contributed by atoms with Crippen molar-refractivity contribution in [1.29, 1.82) is 0 Å². The van der Waals surface area contributed by atoms with E-state index in [1.165, 1.54) is 11.1 Å². The van der Waals surface area contributed by atoms with Crippen LogP contribution in [0.4, 0.5) is 0 Å². The number of sulfone groups is 1. The molecule has 2 unspecified atom stereocenters. The van der Waals surface area contributed by atoms with Gasteiger partial charge in [-0.05, 0) is 43.9 Å². The molecule has 2 atom stereocenters. The van der Waals surface area contributed by atoms with E-state index in [4.69, 9.17) is 0 Å². The Morgan fingerprint density at radius 3 is 2.67 bits per heavy atom. The predicted molar refractivity (Wildman–Crippen MR) is 94.6 cm³/mol. The minimum Gasteiger partial charge on any atom is -0.341 e. The lowest BCUT2D eigenvalue weighted by Gasteiger charge is -2.34. The molecule has 0 saturated carbocycles. The van der Waals surface area contributed by atoms with Crippen molar-refractivity contribution in [2.24, 2.45) is 0 Å². The van der Waals surface area contributed by atoms with Crippen LogP contribution < -0.4 is 0 Å². The molecule has 132 valence electrons. The van der Waals surface area contributed by atoms with Gasteiger partial charge in [-0.15, -0.1) is 0 Å². The first-order chi connectivity index (χ1) is 11.4. The molecule has 5 nitrogen and oxygen atoms in total. The Balaban J connectivity index is 1.65. The maximum Gasteiger partial charge on any atom is 0.236 e. The lowest BCUT2D eigenvalue weighted by molar-refractivity contribution is -0.133. The number of benzene rings is 1. The molecule has 1 aliphatic heterocycles.